The summed E-state index contributed by atoms with van der Waals surface area (Å²) < 4.78 is 0. The third-order valence-electron chi connectivity index (χ3n) is 3.66. The summed E-state index contributed by atoms with van der Waals surface area (Å²) in [6.45, 7) is 5.76. The van der Waals surface area contributed by atoms with E-state index in [2.05, 4.69) is 47.9 Å². The van der Waals surface area contributed by atoms with Gasteiger partial charge in [0.05, 0.1) is 0 Å². The molecule has 1 aliphatic heterocycles. The summed E-state index contributed by atoms with van der Waals surface area (Å²) in [7, 11) is 0. The molecule has 2 nitrogen and oxygen atoms in total. The number of nitrogens with two attached hydrogens (primary N) is 1. The van der Waals surface area contributed by atoms with E-state index in [0.29, 0.717) is 0 Å². The van der Waals surface area contributed by atoms with E-state index in [0.717, 1.165) is 13.0 Å². The van der Waals surface area contributed by atoms with Gasteiger partial charge in [0.2, 0.25) is 0 Å². The molecule has 100 valence electrons. The molecule has 3 heteroatoms. The standard InChI is InChI=1S/C15H24N2S/c1-13-5-2-3-6-14(13)15(16)7-9-17-8-4-11-18-12-10-17/h2-3,5-6,15H,4,7-12,16H2,1H3. The zero-order chi connectivity index (χ0) is 12.8. The Kier molecular flexibility index (Phi) is 5.54. The second-order valence-electron chi connectivity index (χ2n) is 5.06. The van der Waals surface area contributed by atoms with Crippen LogP contribution in [0.25, 0.3) is 0 Å². The molecule has 1 fully saturated rings. The van der Waals surface area contributed by atoms with E-state index in [9.17, 15) is 0 Å². The number of nitrogens with zero attached hydrogens (tertiary/aromatic N) is 1. The van der Waals surface area contributed by atoms with Crippen LogP contribution in [0.5, 0.6) is 0 Å². The summed E-state index contributed by atoms with van der Waals surface area (Å²) in [5.74, 6) is 2.60. The molecular formula is C15H24N2S. The maximum Gasteiger partial charge on any atom is 0.0309 e. The van der Waals surface area contributed by atoms with Gasteiger partial charge in [-0.2, -0.15) is 11.8 Å². The van der Waals surface area contributed by atoms with Crippen LogP contribution in [-0.2, 0) is 0 Å². The molecule has 0 aliphatic carbocycles. The van der Waals surface area contributed by atoms with Gasteiger partial charge in [-0.3, -0.25) is 0 Å². The molecular weight excluding hydrogens is 240 g/mol. The molecule has 0 saturated carbocycles. The van der Waals surface area contributed by atoms with Crippen molar-refractivity contribution in [3.63, 3.8) is 0 Å². The first-order valence-electron chi connectivity index (χ1n) is 6.88. The number of hydrogen-bond donors (Lipinski definition) is 1. The van der Waals surface area contributed by atoms with Crippen LogP contribution in [-0.4, -0.2) is 36.0 Å². The lowest BCUT2D eigenvalue weighted by Gasteiger charge is -2.22. The van der Waals surface area contributed by atoms with E-state index >= 15 is 0 Å². The van der Waals surface area contributed by atoms with Gasteiger partial charge < -0.3 is 10.6 Å². The SMILES string of the molecule is Cc1ccccc1C(N)CCN1CCCSCC1. The minimum Gasteiger partial charge on any atom is -0.324 e. The van der Waals surface area contributed by atoms with Crippen LogP contribution < -0.4 is 5.73 Å². The van der Waals surface area contributed by atoms with Gasteiger partial charge >= 0.3 is 0 Å². The van der Waals surface area contributed by atoms with Crippen molar-refractivity contribution >= 4 is 11.8 Å². The van der Waals surface area contributed by atoms with Crippen molar-refractivity contribution in [3.8, 4) is 0 Å². The first-order chi connectivity index (χ1) is 8.77. The van der Waals surface area contributed by atoms with Crippen LogP contribution in [0.15, 0.2) is 24.3 Å². The smallest absolute Gasteiger partial charge is 0.0309 e. The Morgan fingerprint density at radius 3 is 2.94 bits per heavy atom. The summed E-state index contributed by atoms with van der Waals surface area (Å²) in [6, 6.07) is 8.67. The Labute approximate surface area is 115 Å². The lowest BCUT2D eigenvalue weighted by atomic mass is 9.99. The topological polar surface area (TPSA) is 29.3 Å². The minimum atomic E-state index is 0.183. The maximum atomic E-state index is 6.32. The van der Waals surface area contributed by atoms with Gasteiger partial charge in [-0.15, -0.1) is 0 Å². The van der Waals surface area contributed by atoms with Crippen LogP contribution in [0.2, 0.25) is 0 Å². The normalized spacial score (nSPS) is 19.4. The highest BCUT2D eigenvalue weighted by Crippen LogP contribution is 2.19. The van der Waals surface area contributed by atoms with Crippen LogP contribution in [0.3, 0.4) is 0 Å². The quantitative estimate of drug-likeness (QED) is 0.907. The van der Waals surface area contributed by atoms with Gasteiger partial charge in [-0.25, -0.2) is 0 Å². The van der Waals surface area contributed by atoms with Crippen molar-refractivity contribution in [2.24, 2.45) is 5.73 Å². The molecule has 2 rings (SSSR count). The van der Waals surface area contributed by atoms with E-state index < -0.39 is 0 Å². The van der Waals surface area contributed by atoms with Crippen molar-refractivity contribution in [1.82, 2.24) is 4.90 Å². The molecule has 0 aromatic heterocycles. The predicted octanol–water partition coefficient (Wildman–Crippen LogP) is 2.82. The first kappa shape index (κ1) is 13.9. The molecule has 2 N–H and O–H groups in total. The fraction of sp³-hybridized carbons (Fsp3) is 0.600. The summed E-state index contributed by atoms with van der Waals surface area (Å²) in [6.07, 6.45) is 2.39. The van der Waals surface area contributed by atoms with Crippen molar-refractivity contribution in [2.75, 3.05) is 31.1 Å². The van der Waals surface area contributed by atoms with Gasteiger partial charge in [0.25, 0.3) is 0 Å². The molecule has 1 unspecified atom stereocenters. The highest BCUT2D eigenvalue weighted by Gasteiger charge is 2.13. The number of aryl methyl sites for hydroxylation is 1. The Morgan fingerprint density at radius 2 is 2.11 bits per heavy atom. The number of benzene rings is 1. The molecule has 0 radical (unpaired) electrons. The average Bonchev–Trinajstić information content (AvgIpc) is 2.65. The van der Waals surface area contributed by atoms with Gasteiger partial charge in [0.15, 0.2) is 0 Å². The lowest BCUT2D eigenvalue weighted by molar-refractivity contribution is 0.283. The number of hydrogen-bond acceptors (Lipinski definition) is 3. The fourth-order valence-corrected chi connectivity index (χ4v) is 3.43. The van der Waals surface area contributed by atoms with Crippen molar-refractivity contribution < 1.29 is 0 Å². The Morgan fingerprint density at radius 1 is 1.28 bits per heavy atom. The van der Waals surface area contributed by atoms with E-state index in [-0.39, 0.29) is 6.04 Å². The van der Waals surface area contributed by atoms with E-state index in [1.54, 1.807) is 0 Å². The summed E-state index contributed by atoms with van der Waals surface area (Å²) in [4.78, 5) is 2.57. The first-order valence-corrected chi connectivity index (χ1v) is 8.04. The zero-order valence-corrected chi connectivity index (χ0v) is 12.1. The molecule has 1 atom stereocenters. The predicted molar refractivity (Wildman–Crippen MR) is 81.1 cm³/mol. The molecule has 1 heterocycles. The molecule has 0 amide bonds. The molecule has 0 bridgehead atoms. The highest BCUT2D eigenvalue weighted by atomic mass is 32.2. The maximum absolute atomic E-state index is 6.32. The Bertz CT molecular complexity index is 359. The molecule has 0 spiro atoms. The Hall–Kier alpha value is -0.510. The highest BCUT2D eigenvalue weighted by molar-refractivity contribution is 7.99. The van der Waals surface area contributed by atoms with Crippen molar-refractivity contribution in [1.29, 1.82) is 0 Å². The second-order valence-corrected chi connectivity index (χ2v) is 6.28. The average molecular weight is 264 g/mol. The van der Waals surface area contributed by atoms with E-state index in [4.69, 9.17) is 5.73 Å². The van der Waals surface area contributed by atoms with Gasteiger partial charge in [-0.05, 0) is 49.7 Å². The third kappa shape index (κ3) is 4.01. The molecule has 1 saturated heterocycles. The fourth-order valence-electron chi connectivity index (χ4n) is 2.50. The lowest BCUT2D eigenvalue weighted by Crippen LogP contribution is -2.29. The summed E-state index contributed by atoms with van der Waals surface area (Å²) in [5, 5.41) is 0. The molecule has 18 heavy (non-hydrogen) atoms. The van der Waals surface area contributed by atoms with Crippen LogP contribution in [0, 0.1) is 6.92 Å². The van der Waals surface area contributed by atoms with Gasteiger partial charge in [-0.1, -0.05) is 24.3 Å². The largest absolute Gasteiger partial charge is 0.324 e. The van der Waals surface area contributed by atoms with Gasteiger partial charge in [0.1, 0.15) is 0 Å². The van der Waals surface area contributed by atoms with Crippen LogP contribution >= 0.6 is 11.8 Å². The van der Waals surface area contributed by atoms with E-state index in [1.807, 2.05) is 0 Å². The molecule has 1 aliphatic rings. The number of thioether (sulfide) groups is 1. The van der Waals surface area contributed by atoms with Crippen LogP contribution in [0.4, 0.5) is 0 Å². The molecule has 1 aromatic carbocycles. The molecule has 1 aromatic rings. The number of rotatable bonds is 4. The summed E-state index contributed by atoms with van der Waals surface area (Å²) >= 11 is 2.08. The minimum absolute atomic E-state index is 0.183. The van der Waals surface area contributed by atoms with Gasteiger partial charge in [0, 0.05) is 18.3 Å². The van der Waals surface area contributed by atoms with E-state index in [1.165, 1.54) is 42.1 Å². The third-order valence-corrected chi connectivity index (χ3v) is 4.71. The van der Waals surface area contributed by atoms with Crippen LogP contribution in [0.1, 0.15) is 30.0 Å². The summed E-state index contributed by atoms with van der Waals surface area (Å²) in [5.41, 5.74) is 8.94. The van der Waals surface area contributed by atoms with Crippen molar-refractivity contribution in [2.45, 2.75) is 25.8 Å². The monoisotopic (exact) mass is 264 g/mol. The zero-order valence-electron chi connectivity index (χ0n) is 11.3. The Balaban J connectivity index is 1.84. The van der Waals surface area contributed by atoms with Crippen molar-refractivity contribution in [3.05, 3.63) is 35.4 Å². The second kappa shape index (κ2) is 7.17.